The first-order chi connectivity index (χ1) is 9.11. The quantitative estimate of drug-likeness (QED) is 0.781. The van der Waals surface area contributed by atoms with Gasteiger partial charge < -0.3 is 10.0 Å². The fourth-order valence-electron chi connectivity index (χ4n) is 2.50. The smallest absolute Gasteiger partial charge is 0.308 e. The lowest BCUT2D eigenvalue weighted by Crippen LogP contribution is -2.33. The van der Waals surface area contributed by atoms with Gasteiger partial charge in [-0.05, 0) is 17.6 Å². The molecule has 1 fully saturated rings. The predicted molar refractivity (Wildman–Crippen MR) is 63.9 cm³/mol. The van der Waals surface area contributed by atoms with Crippen molar-refractivity contribution in [3.8, 4) is 0 Å². The molecule has 8 heteroatoms. The monoisotopic (exact) mass is 267 g/mol. The van der Waals surface area contributed by atoms with Gasteiger partial charge in [0.25, 0.3) is 0 Å². The molecule has 1 aliphatic rings. The van der Waals surface area contributed by atoms with Gasteiger partial charge in [-0.3, -0.25) is 9.59 Å². The third-order valence-corrected chi connectivity index (χ3v) is 3.44. The SMILES string of the molecule is CCC[C@@H]1CN(C(=O)Cn2ncnn2)C[C@H]1C(=O)O. The summed E-state index contributed by atoms with van der Waals surface area (Å²) in [6.07, 6.45) is 3.00. The number of carbonyl (C=O) groups excluding carboxylic acids is 1. The Balaban J connectivity index is 1.98. The number of tetrazole rings is 1. The molecule has 1 aromatic rings. The van der Waals surface area contributed by atoms with E-state index in [-0.39, 0.29) is 24.9 Å². The highest BCUT2D eigenvalue weighted by Crippen LogP contribution is 2.27. The van der Waals surface area contributed by atoms with Crippen molar-refractivity contribution in [2.75, 3.05) is 13.1 Å². The van der Waals surface area contributed by atoms with Crippen molar-refractivity contribution in [2.24, 2.45) is 11.8 Å². The summed E-state index contributed by atoms with van der Waals surface area (Å²) in [6.45, 7) is 2.79. The maximum Gasteiger partial charge on any atom is 0.308 e. The van der Waals surface area contributed by atoms with Gasteiger partial charge in [-0.15, -0.1) is 10.2 Å². The maximum atomic E-state index is 12.0. The number of nitrogens with zero attached hydrogens (tertiary/aromatic N) is 5. The van der Waals surface area contributed by atoms with Crippen molar-refractivity contribution in [3.63, 3.8) is 0 Å². The van der Waals surface area contributed by atoms with Crippen LogP contribution in [0.1, 0.15) is 19.8 Å². The van der Waals surface area contributed by atoms with Gasteiger partial charge in [0, 0.05) is 13.1 Å². The average Bonchev–Trinajstić information content (AvgIpc) is 2.98. The molecular weight excluding hydrogens is 250 g/mol. The number of hydrogen-bond acceptors (Lipinski definition) is 5. The van der Waals surface area contributed by atoms with E-state index in [2.05, 4.69) is 15.4 Å². The average molecular weight is 267 g/mol. The number of carbonyl (C=O) groups is 2. The van der Waals surface area contributed by atoms with E-state index in [1.165, 1.54) is 11.1 Å². The van der Waals surface area contributed by atoms with Crippen molar-refractivity contribution in [3.05, 3.63) is 6.33 Å². The van der Waals surface area contributed by atoms with Crippen LogP contribution in [-0.4, -0.2) is 55.2 Å². The van der Waals surface area contributed by atoms with E-state index in [1.54, 1.807) is 4.90 Å². The minimum Gasteiger partial charge on any atom is -0.481 e. The van der Waals surface area contributed by atoms with E-state index in [9.17, 15) is 14.7 Å². The van der Waals surface area contributed by atoms with Crippen LogP contribution in [0.25, 0.3) is 0 Å². The van der Waals surface area contributed by atoms with Gasteiger partial charge in [-0.25, -0.2) is 0 Å². The summed E-state index contributed by atoms with van der Waals surface area (Å²) in [5, 5.41) is 20.1. The molecular formula is C11H17N5O3. The Morgan fingerprint density at radius 3 is 2.79 bits per heavy atom. The van der Waals surface area contributed by atoms with Crippen molar-refractivity contribution in [2.45, 2.75) is 26.3 Å². The number of rotatable bonds is 5. The number of carboxylic acid groups (broad SMARTS) is 1. The topological polar surface area (TPSA) is 101 Å². The van der Waals surface area contributed by atoms with Gasteiger partial charge in [0.05, 0.1) is 5.92 Å². The molecule has 0 spiro atoms. The summed E-state index contributed by atoms with van der Waals surface area (Å²) in [4.78, 5) is 26.0. The van der Waals surface area contributed by atoms with Gasteiger partial charge in [-0.1, -0.05) is 13.3 Å². The third kappa shape index (κ3) is 3.07. The molecule has 2 heterocycles. The summed E-state index contributed by atoms with van der Waals surface area (Å²) in [7, 11) is 0. The molecule has 1 N–H and O–H groups in total. The number of likely N-dealkylation sites (tertiary alicyclic amines) is 1. The van der Waals surface area contributed by atoms with Crippen LogP contribution < -0.4 is 0 Å². The van der Waals surface area contributed by atoms with Gasteiger partial charge in [-0.2, -0.15) is 4.80 Å². The number of hydrogen-bond donors (Lipinski definition) is 1. The highest BCUT2D eigenvalue weighted by molar-refractivity contribution is 5.78. The van der Waals surface area contributed by atoms with Gasteiger partial charge in [0.15, 0.2) is 6.33 Å². The first kappa shape index (κ1) is 13.4. The lowest BCUT2D eigenvalue weighted by molar-refractivity contribution is -0.142. The highest BCUT2D eigenvalue weighted by atomic mass is 16.4. The Morgan fingerprint density at radius 2 is 2.21 bits per heavy atom. The zero-order valence-electron chi connectivity index (χ0n) is 10.8. The molecule has 0 unspecified atom stereocenters. The fraction of sp³-hybridized carbons (Fsp3) is 0.727. The molecule has 0 aliphatic carbocycles. The molecule has 2 atom stereocenters. The zero-order valence-corrected chi connectivity index (χ0v) is 10.8. The van der Waals surface area contributed by atoms with Gasteiger partial charge in [0.1, 0.15) is 6.54 Å². The van der Waals surface area contributed by atoms with Crippen LogP contribution in [0.15, 0.2) is 6.33 Å². The number of aromatic nitrogens is 4. The molecule has 1 aliphatic heterocycles. The molecule has 19 heavy (non-hydrogen) atoms. The van der Waals surface area contributed by atoms with Crippen LogP contribution in [0.4, 0.5) is 0 Å². The van der Waals surface area contributed by atoms with Crippen LogP contribution in [0, 0.1) is 11.8 Å². The van der Waals surface area contributed by atoms with Crippen molar-refractivity contribution in [1.82, 2.24) is 25.1 Å². The highest BCUT2D eigenvalue weighted by Gasteiger charge is 2.38. The van der Waals surface area contributed by atoms with Crippen LogP contribution in [-0.2, 0) is 16.1 Å². The van der Waals surface area contributed by atoms with Crippen molar-refractivity contribution in [1.29, 1.82) is 0 Å². The normalized spacial score (nSPS) is 22.7. The molecule has 1 aromatic heterocycles. The Kier molecular flexibility index (Phi) is 4.08. The van der Waals surface area contributed by atoms with Crippen molar-refractivity contribution >= 4 is 11.9 Å². The lowest BCUT2D eigenvalue weighted by Gasteiger charge is -2.15. The summed E-state index contributed by atoms with van der Waals surface area (Å²) in [6, 6.07) is 0. The second-order valence-corrected chi connectivity index (χ2v) is 4.76. The summed E-state index contributed by atoms with van der Waals surface area (Å²) >= 11 is 0. The van der Waals surface area contributed by atoms with Gasteiger partial charge in [0.2, 0.25) is 5.91 Å². The van der Waals surface area contributed by atoms with Crippen LogP contribution in [0.2, 0.25) is 0 Å². The minimum atomic E-state index is -0.826. The van der Waals surface area contributed by atoms with Crippen molar-refractivity contribution < 1.29 is 14.7 Å². The van der Waals surface area contributed by atoms with E-state index in [0.29, 0.717) is 6.54 Å². The molecule has 1 amide bonds. The van der Waals surface area contributed by atoms with E-state index in [4.69, 9.17) is 0 Å². The van der Waals surface area contributed by atoms with E-state index in [1.807, 2.05) is 6.92 Å². The first-order valence-electron chi connectivity index (χ1n) is 6.33. The molecule has 104 valence electrons. The molecule has 0 aromatic carbocycles. The predicted octanol–water partition coefficient (Wildman–Crippen LogP) is -0.368. The largest absolute Gasteiger partial charge is 0.481 e. The zero-order chi connectivity index (χ0) is 13.8. The summed E-state index contributed by atoms with van der Waals surface area (Å²) in [5.41, 5.74) is 0. The maximum absolute atomic E-state index is 12.0. The second kappa shape index (κ2) is 5.77. The molecule has 2 rings (SSSR count). The first-order valence-corrected chi connectivity index (χ1v) is 6.33. The molecule has 0 bridgehead atoms. The molecule has 1 saturated heterocycles. The standard InChI is InChI=1S/C11H17N5O3/c1-2-3-8-4-15(5-9(8)11(18)19)10(17)6-16-13-7-12-14-16/h7-9H,2-6H2,1H3,(H,18,19)/t8-,9-/m1/s1. The summed E-state index contributed by atoms with van der Waals surface area (Å²) < 4.78 is 0. The molecule has 8 nitrogen and oxygen atoms in total. The Bertz CT molecular complexity index is 447. The Hall–Kier alpha value is -1.99. The van der Waals surface area contributed by atoms with E-state index >= 15 is 0 Å². The van der Waals surface area contributed by atoms with Crippen LogP contribution in [0.5, 0.6) is 0 Å². The summed E-state index contributed by atoms with van der Waals surface area (Å²) in [5.74, 6) is -1.42. The lowest BCUT2D eigenvalue weighted by atomic mass is 9.92. The Labute approximate surface area is 110 Å². The molecule has 0 radical (unpaired) electrons. The Morgan fingerprint density at radius 1 is 1.42 bits per heavy atom. The molecule has 0 saturated carbocycles. The van der Waals surface area contributed by atoms with E-state index < -0.39 is 11.9 Å². The number of aliphatic carboxylic acids is 1. The number of amides is 1. The van der Waals surface area contributed by atoms with Gasteiger partial charge >= 0.3 is 5.97 Å². The third-order valence-electron chi connectivity index (χ3n) is 3.44. The second-order valence-electron chi connectivity index (χ2n) is 4.76. The number of carboxylic acids is 1. The minimum absolute atomic E-state index is 0.00514. The van der Waals surface area contributed by atoms with Crippen LogP contribution >= 0.6 is 0 Å². The van der Waals surface area contributed by atoms with Crippen LogP contribution in [0.3, 0.4) is 0 Å². The fourth-order valence-corrected chi connectivity index (χ4v) is 2.50. The van der Waals surface area contributed by atoms with E-state index in [0.717, 1.165) is 12.8 Å².